The average Bonchev–Trinajstić information content (AvgIpc) is 3.04. The van der Waals surface area contributed by atoms with Gasteiger partial charge in [-0.05, 0) is 36.6 Å². The van der Waals surface area contributed by atoms with E-state index in [1.54, 1.807) is 6.20 Å². The summed E-state index contributed by atoms with van der Waals surface area (Å²) >= 11 is 0. The summed E-state index contributed by atoms with van der Waals surface area (Å²) in [6.07, 6.45) is 3.69. The van der Waals surface area contributed by atoms with E-state index in [0.29, 0.717) is 0 Å². The van der Waals surface area contributed by atoms with Crippen LogP contribution in [-0.2, 0) is 0 Å². The molecule has 0 bridgehead atoms. The van der Waals surface area contributed by atoms with Gasteiger partial charge in [0.05, 0.1) is 12.3 Å². The Morgan fingerprint density at radius 3 is 2.35 bits per heavy atom. The predicted molar refractivity (Wildman–Crippen MR) is 82.6 cm³/mol. The van der Waals surface area contributed by atoms with E-state index in [4.69, 9.17) is 0 Å². The molecular weight excluding hydrogens is 250 g/mol. The first-order chi connectivity index (χ1) is 9.73. The normalized spacial score (nSPS) is 11.6. The molecule has 108 valence electrons. The molecule has 0 saturated carbocycles. The molecule has 2 rings (SSSR count). The molecule has 0 amide bonds. The lowest BCUT2D eigenvalue weighted by molar-refractivity contribution is 0.127. The molecule has 0 saturated heterocycles. The van der Waals surface area contributed by atoms with Crippen LogP contribution < -0.4 is 5.32 Å². The third-order valence-corrected chi connectivity index (χ3v) is 4.20. The van der Waals surface area contributed by atoms with Crippen LogP contribution >= 0.6 is 0 Å². The SMILES string of the molecule is CCC(CC)(CO)CNc1ccc(-c2ccn[nH]2)cc1. The van der Waals surface area contributed by atoms with Crippen molar-refractivity contribution in [1.29, 1.82) is 0 Å². The summed E-state index contributed by atoms with van der Waals surface area (Å²) in [4.78, 5) is 0. The summed E-state index contributed by atoms with van der Waals surface area (Å²) < 4.78 is 0. The van der Waals surface area contributed by atoms with Crippen LogP contribution in [0, 0.1) is 5.41 Å². The molecule has 4 heteroatoms. The smallest absolute Gasteiger partial charge is 0.0650 e. The van der Waals surface area contributed by atoms with Gasteiger partial charge in [0.15, 0.2) is 0 Å². The number of nitrogens with one attached hydrogen (secondary N) is 2. The molecule has 0 aliphatic heterocycles. The number of aliphatic hydroxyl groups is 1. The molecule has 3 N–H and O–H groups in total. The standard InChI is InChI=1S/C16H23N3O/c1-3-16(4-2,12-20)11-17-14-7-5-13(6-8-14)15-9-10-18-19-15/h5-10,17,20H,3-4,11-12H2,1-2H3,(H,18,19). The topological polar surface area (TPSA) is 60.9 Å². The number of rotatable bonds is 7. The Bertz CT molecular complexity index is 493. The Labute approximate surface area is 120 Å². The average molecular weight is 273 g/mol. The number of aliphatic hydroxyl groups excluding tert-OH is 1. The zero-order valence-corrected chi connectivity index (χ0v) is 12.2. The fourth-order valence-corrected chi connectivity index (χ4v) is 2.25. The Hall–Kier alpha value is -1.81. The van der Waals surface area contributed by atoms with Crippen LogP contribution in [0.15, 0.2) is 36.5 Å². The van der Waals surface area contributed by atoms with E-state index in [1.165, 1.54) is 0 Å². The van der Waals surface area contributed by atoms with Gasteiger partial charge in [-0.3, -0.25) is 5.10 Å². The van der Waals surface area contributed by atoms with Gasteiger partial charge in [-0.2, -0.15) is 5.10 Å². The minimum Gasteiger partial charge on any atom is -0.396 e. The Morgan fingerprint density at radius 2 is 1.85 bits per heavy atom. The highest BCUT2D eigenvalue weighted by atomic mass is 16.3. The van der Waals surface area contributed by atoms with Crippen molar-refractivity contribution in [3.8, 4) is 11.3 Å². The summed E-state index contributed by atoms with van der Waals surface area (Å²) in [5.41, 5.74) is 3.19. The second kappa shape index (κ2) is 6.57. The summed E-state index contributed by atoms with van der Waals surface area (Å²) in [6, 6.07) is 10.2. The number of hydrogen-bond acceptors (Lipinski definition) is 3. The molecular formula is C16H23N3O. The monoisotopic (exact) mass is 273 g/mol. The van der Waals surface area contributed by atoms with E-state index < -0.39 is 0 Å². The zero-order chi connectivity index (χ0) is 14.4. The maximum atomic E-state index is 9.57. The number of anilines is 1. The molecule has 0 aliphatic carbocycles. The van der Waals surface area contributed by atoms with Crippen LogP contribution in [0.25, 0.3) is 11.3 Å². The summed E-state index contributed by atoms with van der Waals surface area (Å²) in [5, 5.41) is 19.9. The number of benzene rings is 1. The molecule has 2 aromatic rings. The van der Waals surface area contributed by atoms with Crippen LogP contribution in [-0.4, -0.2) is 28.5 Å². The molecule has 20 heavy (non-hydrogen) atoms. The van der Waals surface area contributed by atoms with Crippen molar-refractivity contribution in [3.63, 3.8) is 0 Å². The quantitative estimate of drug-likeness (QED) is 0.725. The van der Waals surface area contributed by atoms with Crippen molar-refractivity contribution in [2.24, 2.45) is 5.41 Å². The van der Waals surface area contributed by atoms with Gasteiger partial charge in [0.25, 0.3) is 0 Å². The lowest BCUT2D eigenvalue weighted by Gasteiger charge is -2.30. The molecule has 0 atom stereocenters. The first-order valence-corrected chi connectivity index (χ1v) is 7.17. The third-order valence-electron chi connectivity index (χ3n) is 4.20. The van der Waals surface area contributed by atoms with E-state index in [9.17, 15) is 5.11 Å². The first kappa shape index (κ1) is 14.6. The number of H-pyrrole nitrogens is 1. The third kappa shape index (κ3) is 3.20. The minimum absolute atomic E-state index is 0.0257. The largest absolute Gasteiger partial charge is 0.396 e. The van der Waals surface area contributed by atoms with Gasteiger partial charge >= 0.3 is 0 Å². The maximum absolute atomic E-state index is 9.57. The first-order valence-electron chi connectivity index (χ1n) is 7.17. The van der Waals surface area contributed by atoms with E-state index in [1.807, 2.05) is 6.07 Å². The highest BCUT2D eigenvalue weighted by molar-refractivity contribution is 5.62. The highest BCUT2D eigenvalue weighted by Gasteiger charge is 2.24. The lowest BCUT2D eigenvalue weighted by Crippen LogP contribution is -2.32. The van der Waals surface area contributed by atoms with Crippen molar-refractivity contribution < 1.29 is 5.11 Å². The van der Waals surface area contributed by atoms with Gasteiger partial charge in [0.1, 0.15) is 0 Å². The molecule has 0 aliphatic rings. The molecule has 1 heterocycles. The number of aromatic amines is 1. The minimum atomic E-state index is -0.0257. The maximum Gasteiger partial charge on any atom is 0.0650 e. The van der Waals surface area contributed by atoms with Gasteiger partial charge in [0, 0.05) is 23.8 Å². The second-order valence-electron chi connectivity index (χ2n) is 5.27. The Morgan fingerprint density at radius 1 is 1.15 bits per heavy atom. The van der Waals surface area contributed by atoms with E-state index in [0.717, 1.165) is 36.3 Å². The summed E-state index contributed by atoms with van der Waals surface area (Å²) in [5.74, 6) is 0. The number of nitrogens with zero attached hydrogens (tertiary/aromatic N) is 1. The van der Waals surface area contributed by atoms with E-state index >= 15 is 0 Å². The number of hydrogen-bond donors (Lipinski definition) is 3. The zero-order valence-electron chi connectivity index (χ0n) is 12.2. The molecule has 4 nitrogen and oxygen atoms in total. The van der Waals surface area contributed by atoms with Gasteiger partial charge in [-0.15, -0.1) is 0 Å². The van der Waals surface area contributed by atoms with Crippen molar-refractivity contribution in [3.05, 3.63) is 36.5 Å². The van der Waals surface area contributed by atoms with Crippen molar-refractivity contribution in [2.75, 3.05) is 18.5 Å². The Balaban J connectivity index is 2.01. The van der Waals surface area contributed by atoms with Gasteiger partial charge in [-0.1, -0.05) is 26.0 Å². The molecule has 0 radical (unpaired) electrons. The van der Waals surface area contributed by atoms with Gasteiger partial charge in [0.2, 0.25) is 0 Å². The van der Waals surface area contributed by atoms with Crippen LogP contribution in [0.5, 0.6) is 0 Å². The summed E-state index contributed by atoms with van der Waals surface area (Å²) in [6.45, 7) is 5.27. The van der Waals surface area contributed by atoms with Crippen LogP contribution in [0.2, 0.25) is 0 Å². The molecule has 0 fully saturated rings. The van der Waals surface area contributed by atoms with Crippen molar-refractivity contribution in [2.45, 2.75) is 26.7 Å². The lowest BCUT2D eigenvalue weighted by atomic mass is 9.83. The van der Waals surface area contributed by atoms with Crippen molar-refractivity contribution in [1.82, 2.24) is 10.2 Å². The van der Waals surface area contributed by atoms with E-state index in [2.05, 4.69) is 53.6 Å². The van der Waals surface area contributed by atoms with Gasteiger partial charge in [-0.25, -0.2) is 0 Å². The summed E-state index contributed by atoms with van der Waals surface area (Å²) in [7, 11) is 0. The highest BCUT2D eigenvalue weighted by Crippen LogP contribution is 2.26. The van der Waals surface area contributed by atoms with E-state index in [-0.39, 0.29) is 12.0 Å². The molecule has 1 aromatic carbocycles. The number of aromatic nitrogens is 2. The van der Waals surface area contributed by atoms with Crippen LogP contribution in [0.3, 0.4) is 0 Å². The fraction of sp³-hybridized carbons (Fsp3) is 0.438. The fourth-order valence-electron chi connectivity index (χ4n) is 2.25. The molecule has 0 spiro atoms. The van der Waals surface area contributed by atoms with Gasteiger partial charge < -0.3 is 10.4 Å². The molecule has 0 unspecified atom stereocenters. The Kier molecular flexibility index (Phi) is 4.79. The van der Waals surface area contributed by atoms with Crippen LogP contribution in [0.4, 0.5) is 5.69 Å². The van der Waals surface area contributed by atoms with Crippen LogP contribution in [0.1, 0.15) is 26.7 Å². The second-order valence-corrected chi connectivity index (χ2v) is 5.27. The van der Waals surface area contributed by atoms with Crippen molar-refractivity contribution >= 4 is 5.69 Å². The predicted octanol–water partition coefficient (Wildman–Crippen LogP) is 3.29. The molecule has 1 aromatic heterocycles.